The first-order valence-electron chi connectivity index (χ1n) is 6.36. The van der Waals surface area contributed by atoms with Crippen molar-refractivity contribution in [1.82, 2.24) is 5.32 Å². The van der Waals surface area contributed by atoms with E-state index in [4.69, 9.17) is 0 Å². The topological polar surface area (TPSA) is 66.4 Å². The van der Waals surface area contributed by atoms with E-state index in [9.17, 15) is 14.7 Å². The normalized spacial score (nSPS) is 29.5. The standard InChI is InChI=1S/C14H15NO3S/c1-7-4-9-5-8(2-3-10(9)12(7)16)6-11-13(17)15-14(18)19-11/h2-3,5,7,11-12,16H,4,6H2,1H3,(H,15,17,18). The van der Waals surface area contributed by atoms with Gasteiger partial charge in [0.15, 0.2) is 0 Å². The van der Waals surface area contributed by atoms with Crippen LogP contribution in [-0.4, -0.2) is 21.5 Å². The van der Waals surface area contributed by atoms with Crippen LogP contribution in [0.2, 0.25) is 0 Å². The first-order chi connectivity index (χ1) is 9.04. The van der Waals surface area contributed by atoms with Crippen molar-refractivity contribution in [2.24, 2.45) is 5.92 Å². The Balaban J connectivity index is 1.79. The number of carbonyl (C=O) groups is 2. The lowest BCUT2D eigenvalue weighted by atomic mass is 10.0. The molecule has 2 aliphatic rings. The predicted octanol–water partition coefficient (Wildman–Crippen LogP) is 1.81. The minimum Gasteiger partial charge on any atom is -0.388 e. The first-order valence-corrected chi connectivity index (χ1v) is 7.24. The smallest absolute Gasteiger partial charge is 0.286 e. The lowest BCUT2D eigenvalue weighted by Crippen LogP contribution is -2.25. The minimum absolute atomic E-state index is 0.205. The number of benzene rings is 1. The van der Waals surface area contributed by atoms with E-state index in [0.717, 1.165) is 34.9 Å². The van der Waals surface area contributed by atoms with Gasteiger partial charge in [-0.05, 0) is 35.4 Å². The summed E-state index contributed by atoms with van der Waals surface area (Å²) in [6.07, 6.45) is 1.04. The number of rotatable bonds is 2. The van der Waals surface area contributed by atoms with Crippen molar-refractivity contribution in [3.8, 4) is 0 Å². The molecule has 2 amide bonds. The molecule has 0 bridgehead atoms. The molecular formula is C14H15NO3S. The molecule has 1 fully saturated rings. The molecule has 19 heavy (non-hydrogen) atoms. The third kappa shape index (κ3) is 2.28. The number of thioether (sulfide) groups is 1. The largest absolute Gasteiger partial charge is 0.388 e. The summed E-state index contributed by atoms with van der Waals surface area (Å²) in [6, 6.07) is 5.94. The average Bonchev–Trinajstić information content (AvgIpc) is 2.81. The van der Waals surface area contributed by atoms with Crippen LogP contribution in [0.4, 0.5) is 4.79 Å². The van der Waals surface area contributed by atoms with Crippen molar-refractivity contribution in [2.75, 3.05) is 0 Å². The number of imide groups is 1. The van der Waals surface area contributed by atoms with Crippen molar-refractivity contribution in [2.45, 2.75) is 31.1 Å². The van der Waals surface area contributed by atoms with Gasteiger partial charge in [-0.2, -0.15) is 0 Å². The lowest BCUT2D eigenvalue weighted by molar-refractivity contribution is -0.118. The highest BCUT2D eigenvalue weighted by Gasteiger charge is 2.32. The molecule has 2 N–H and O–H groups in total. The van der Waals surface area contributed by atoms with Gasteiger partial charge >= 0.3 is 0 Å². The van der Waals surface area contributed by atoms with Crippen molar-refractivity contribution in [3.05, 3.63) is 34.9 Å². The summed E-state index contributed by atoms with van der Waals surface area (Å²) in [7, 11) is 0. The fourth-order valence-corrected chi connectivity index (χ4v) is 3.62. The van der Waals surface area contributed by atoms with Gasteiger partial charge in [0.25, 0.3) is 5.24 Å². The fraction of sp³-hybridized carbons (Fsp3) is 0.429. The highest BCUT2D eigenvalue weighted by molar-refractivity contribution is 8.15. The quantitative estimate of drug-likeness (QED) is 0.865. The van der Waals surface area contributed by atoms with Crippen LogP contribution in [0.3, 0.4) is 0 Å². The Morgan fingerprint density at radius 3 is 2.89 bits per heavy atom. The number of hydrogen-bond acceptors (Lipinski definition) is 4. The van der Waals surface area contributed by atoms with E-state index in [0.29, 0.717) is 6.42 Å². The first kappa shape index (κ1) is 12.7. The van der Waals surface area contributed by atoms with Crippen molar-refractivity contribution < 1.29 is 14.7 Å². The summed E-state index contributed by atoms with van der Waals surface area (Å²) >= 11 is 1.05. The van der Waals surface area contributed by atoms with E-state index >= 15 is 0 Å². The van der Waals surface area contributed by atoms with Gasteiger partial charge in [-0.25, -0.2) is 0 Å². The monoisotopic (exact) mass is 277 g/mol. The molecule has 1 saturated heterocycles. The number of hydrogen-bond donors (Lipinski definition) is 2. The minimum atomic E-state index is -0.380. The molecule has 100 valence electrons. The Morgan fingerprint density at radius 1 is 1.42 bits per heavy atom. The molecule has 0 radical (unpaired) electrons. The molecule has 3 rings (SSSR count). The Morgan fingerprint density at radius 2 is 2.21 bits per heavy atom. The third-order valence-corrected chi connectivity index (χ3v) is 4.78. The number of aliphatic hydroxyl groups is 1. The molecular weight excluding hydrogens is 262 g/mol. The molecule has 0 aromatic heterocycles. The Labute approximate surface area is 115 Å². The van der Waals surface area contributed by atoms with Crippen LogP contribution in [-0.2, 0) is 17.6 Å². The second kappa shape index (κ2) is 4.65. The lowest BCUT2D eigenvalue weighted by Gasteiger charge is -2.09. The summed E-state index contributed by atoms with van der Waals surface area (Å²) in [6.45, 7) is 2.03. The summed E-state index contributed by atoms with van der Waals surface area (Å²) < 4.78 is 0. The zero-order valence-corrected chi connectivity index (χ0v) is 11.4. The molecule has 5 heteroatoms. The maximum atomic E-state index is 11.5. The third-order valence-electron chi connectivity index (χ3n) is 3.80. The number of amides is 2. The SMILES string of the molecule is CC1Cc2cc(CC3SC(=O)NC3=O)ccc2C1O. The van der Waals surface area contributed by atoms with Gasteiger partial charge in [-0.1, -0.05) is 36.9 Å². The van der Waals surface area contributed by atoms with Crippen LogP contribution < -0.4 is 5.32 Å². The van der Waals surface area contributed by atoms with E-state index in [1.807, 2.05) is 19.1 Å². The predicted molar refractivity (Wildman–Crippen MR) is 72.9 cm³/mol. The summed E-state index contributed by atoms with van der Waals surface area (Å²) in [5.41, 5.74) is 3.20. The summed E-state index contributed by atoms with van der Waals surface area (Å²) in [5, 5.41) is 11.7. The van der Waals surface area contributed by atoms with E-state index in [-0.39, 0.29) is 28.4 Å². The van der Waals surface area contributed by atoms with Crippen LogP contribution in [0.5, 0.6) is 0 Å². The van der Waals surface area contributed by atoms with Crippen LogP contribution in [0.1, 0.15) is 29.7 Å². The van der Waals surface area contributed by atoms with Crippen molar-refractivity contribution in [1.29, 1.82) is 0 Å². The highest BCUT2D eigenvalue weighted by atomic mass is 32.2. The Kier molecular flexibility index (Phi) is 3.11. The molecule has 1 aliphatic heterocycles. The fourth-order valence-electron chi connectivity index (χ4n) is 2.76. The Hall–Kier alpha value is -1.33. The van der Waals surface area contributed by atoms with Gasteiger partial charge in [-0.15, -0.1) is 0 Å². The van der Waals surface area contributed by atoms with Crippen molar-refractivity contribution in [3.63, 3.8) is 0 Å². The van der Waals surface area contributed by atoms with Gasteiger partial charge < -0.3 is 5.11 Å². The molecule has 1 aromatic rings. The van der Waals surface area contributed by atoms with Gasteiger partial charge in [0.05, 0.1) is 11.4 Å². The van der Waals surface area contributed by atoms with E-state index in [2.05, 4.69) is 11.4 Å². The molecule has 0 spiro atoms. The number of nitrogens with one attached hydrogen (secondary N) is 1. The highest BCUT2D eigenvalue weighted by Crippen LogP contribution is 2.36. The van der Waals surface area contributed by atoms with Crippen LogP contribution in [0.25, 0.3) is 0 Å². The van der Waals surface area contributed by atoms with E-state index in [1.54, 1.807) is 0 Å². The Bertz CT molecular complexity index is 558. The summed E-state index contributed by atoms with van der Waals surface area (Å²) in [5.74, 6) is 0.0416. The summed E-state index contributed by atoms with van der Waals surface area (Å²) in [4.78, 5) is 22.7. The maximum absolute atomic E-state index is 11.5. The molecule has 3 unspecified atom stereocenters. The zero-order valence-electron chi connectivity index (χ0n) is 10.6. The zero-order chi connectivity index (χ0) is 13.6. The van der Waals surface area contributed by atoms with Crippen LogP contribution >= 0.6 is 11.8 Å². The molecule has 3 atom stereocenters. The van der Waals surface area contributed by atoms with E-state index < -0.39 is 0 Å². The van der Waals surface area contributed by atoms with Crippen molar-refractivity contribution >= 4 is 22.9 Å². The van der Waals surface area contributed by atoms with Gasteiger partial charge in [-0.3, -0.25) is 14.9 Å². The van der Waals surface area contributed by atoms with E-state index in [1.165, 1.54) is 0 Å². The van der Waals surface area contributed by atoms with Gasteiger partial charge in [0.2, 0.25) is 5.91 Å². The second-order valence-electron chi connectivity index (χ2n) is 5.25. The number of fused-ring (bicyclic) bond motifs is 1. The molecule has 1 aliphatic carbocycles. The van der Waals surface area contributed by atoms with Crippen LogP contribution in [0.15, 0.2) is 18.2 Å². The maximum Gasteiger partial charge on any atom is 0.286 e. The number of aliphatic hydroxyl groups excluding tert-OH is 1. The second-order valence-corrected chi connectivity index (χ2v) is 6.42. The van der Waals surface area contributed by atoms with Gasteiger partial charge in [0, 0.05) is 0 Å². The van der Waals surface area contributed by atoms with Crippen LogP contribution in [0, 0.1) is 5.92 Å². The van der Waals surface area contributed by atoms with Gasteiger partial charge in [0.1, 0.15) is 0 Å². The molecule has 4 nitrogen and oxygen atoms in total. The molecule has 1 aromatic carbocycles. The number of carbonyl (C=O) groups excluding carboxylic acids is 2. The molecule has 1 heterocycles. The average molecular weight is 277 g/mol. The molecule has 0 saturated carbocycles.